The second-order valence-corrected chi connectivity index (χ2v) is 4.90. The first-order chi connectivity index (χ1) is 9.56. The Morgan fingerprint density at radius 3 is 2.85 bits per heavy atom. The summed E-state index contributed by atoms with van der Waals surface area (Å²) in [4.78, 5) is 16.0. The monoisotopic (exact) mass is 281 g/mol. The summed E-state index contributed by atoms with van der Waals surface area (Å²) >= 11 is 0. The summed E-state index contributed by atoms with van der Waals surface area (Å²) in [7, 11) is 3.43. The number of nitrogens with zero attached hydrogens (tertiary/aromatic N) is 2. The number of benzene rings is 1. The normalized spacial score (nSPS) is 16.0. The van der Waals surface area contributed by atoms with Gasteiger partial charge in [-0.1, -0.05) is 0 Å². The van der Waals surface area contributed by atoms with E-state index in [9.17, 15) is 9.18 Å². The zero-order chi connectivity index (χ0) is 14.7. The second-order valence-electron chi connectivity index (χ2n) is 4.90. The summed E-state index contributed by atoms with van der Waals surface area (Å²) in [6, 6.07) is 4.46. The number of methoxy groups -OCH3 is 1. The smallest absolute Gasteiger partial charge is 0.229 e. The molecule has 6 heteroatoms. The van der Waals surface area contributed by atoms with Crippen LogP contribution in [0.3, 0.4) is 0 Å². The largest absolute Gasteiger partial charge is 0.380 e. The van der Waals surface area contributed by atoms with Gasteiger partial charge in [-0.2, -0.15) is 0 Å². The molecule has 0 aromatic heterocycles. The van der Waals surface area contributed by atoms with Gasteiger partial charge < -0.3 is 20.3 Å². The molecule has 1 heterocycles. The summed E-state index contributed by atoms with van der Waals surface area (Å²) in [5, 5.41) is 0. The third kappa shape index (κ3) is 2.91. The Morgan fingerprint density at radius 1 is 1.45 bits per heavy atom. The minimum Gasteiger partial charge on any atom is -0.380 e. The predicted octanol–water partition coefficient (Wildman–Crippen LogP) is 0.972. The Bertz CT molecular complexity index is 491. The fourth-order valence-electron chi connectivity index (χ4n) is 2.35. The molecule has 0 radical (unpaired) electrons. The Morgan fingerprint density at radius 2 is 2.20 bits per heavy atom. The van der Waals surface area contributed by atoms with Gasteiger partial charge in [-0.25, -0.2) is 4.39 Å². The first kappa shape index (κ1) is 14.7. The van der Waals surface area contributed by atoms with Crippen molar-refractivity contribution in [3.63, 3.8) is 0 Å². The molecule has 0 spiro atoms. The lowest BCUT2D eigenvalue weighted by atomic mass is 10.1. The zero-order valence-corrected chi connectivity index (χ0v) is 11.8. The summed E-state index contributed by atoms with van der Waals surface area (Å²) < 4.78 is 18.5. The molecule has 0 saturated carbocycles. The lowest BCUT2D eigenvalue weighted by molar-refractivity contribution is -0.120. The van der Waals surface area contributed by atoms with Crippen molar-refractivity contribution in [1.82, 2.24) is 0 Å². The van der Waals surface area contributed by atoms with E-state index in [1.54, 1.807) is 11.0 Å². The number of carbonyl (C=O) groups excluding carboxylic acids is 1. The van der Waals surface area contributed by atoms with Gasteiger partial charge in [0.25, 0.3) is 0 Å². The number of carbonyl (C=O) groups is 1. The Hall–Kier alpha value is -1.66. The highest BCUT2D eigenvalue weighted by atomic mass is 19.1. The van der Waals surface area contributed by atoms with E-state index in [0.29, 0.717) is 19.6 Å². The summed E-state index contributed by atoms with van der Waals surface area (Å²) in [5.74, 6) is -0.357. The van der Waals surface area contributed by atoms with E-state index in [4.69, 9.17) is 10.5 Å². The van der Waals surface area contributed by atoms with Gasteiger partial charge >= 0.3 is 0 Å². The first-order valence-electron chi connectivity index (χ1n) is 6.60. The van der Waals surface area contributed by atoms with Gasteiger partial charge in [0.15, 0.2) is 0 Å². The number of likely N-dealkylation sites (N-methyl/N-ethyl adjacent to an activating group) is 1. The molecule has 0 saturated heterocycles. The molecule has 0 aliphatic carbocycles. The number of halogens is 1. The average molecular weight is 281 g/mol. The van der Waals surface area contributed by atoms with Gasteiger partial charge in [-0.15, -0.1) is 0 Å². The number of hydrogen-bond acceptors (Lipinski definition) is 4. The van der Waals surface area contributed by atoms with Gasteiger partial charge in [-0.05, 0) is 18.2 Å². The maximum atomic E-state index is 13.3. The first-order valence-corrected chi connectivity index (χ1v) is 6.60. The third-order valence-corrected chi connectivity index (χ3v) is 3.60. The highest BCUT2D eigenvalue weighted by Crippen LogP contribution is 2.33. The van der Waals surface area contributed by atoms with Crippen molar-refractivity contribution >= 4 is 17.3 Å². The van der Waals surface area contributed by atoms with E-state index in [0.717, 1.165) is 11.4 Å². The van der Waals surface area contributed by atoms with Gasteiger partial charge in [0.2, 0.25) is 5.91 Å². The molecule has 0 bridgehead atoms. The van der Waals surface area contributed by atoms with E-state index >= 15 is 0 Å². The van der Waals surface area contributed by atoms with Crippen molar-refractivity contribution in [1.29, 1.82) is 0 Å². The van der Waals surface area contributed by atoms with Gasteiger partial charge in [0.05, 0.1) is 23.9 Å². The number of hydrogen-bond donors (Lipinski definition) is 1. The summed E-state index contributed by atoms with van der Waals surface area (Å²) in [5.41, 5.74) is 7.01. The maximum absolute atomic E-state index is 13.3. The molecule has 0 fully saturated rings. The highest BCUT2D eigenvalue weighted by molar-refractivity contribution is 5.98. The van der Waals surface area contributed by atoms with Crippen LogP contribution in [0.25, 0.3) is 0 Å². The Labute approximate surface area is 118 Å². The van der Waals surface area contributed by atoms with Crippen LogP contribution in [0.2, 0.25) is 0 Å². The fourth-order valence-corrected chi connectivity index (χ4v) is 2.35. The van der Waals surface area contributed by atoms with E-state index < -0.39 is 0 Å². The quantitative estimate of drug-likeness (QED) is 0.893. The molecule has 110 valence electrons. The van der Waals surface area contributed by atoms with Crippen molar-refractivity contribution in [2.45, 2.75) is 12.5 Å². The lowest BCUT2D eigenvalue weighted by Gasteiger charge is -2.36. The van der Waals surface area contributed by atoms with Crippen LogP contribution >= 0.6 is 0 Å². The van der Waals surface area contributed by atoms with E-state index in [2.05, 4.69) is 0 Å². The lowest BCUT2D eigenvalue weighted by Crippen LogP contribution is -2.44. The third-order valence-electron chi connectivity index (χ3n) is 3.60. The summed E-state index contributed by atoms with van der Waals surface area (Å²) in [6.07, 6.45) is -0.0564. The number of fused-ring (bicyclic) bond motifs is 1. The van der Waals surface area contributed by atoms with E-state index in [1.165, 1.54) is 19.2 Å². The molecule has 1 unspecified atom stereocenters. The number of ether oxygens (including phenoxy) is 1. The minimum atomic E-state index is -0.304. The van der Waals surface area contributed by atoms with E-state index in [-0.39, 0.29) is 24.2 Å². The molecule has 20 heavy (non-hydrogen) atoms. The Kier molecular flexibility index (Phi) is 4.57. The number of amides is 1. The van der Waals surface area contributed by atoms with Crippen LogP contribution in [0, 0.1) is 5.82 Å². The van der Waals surface area contributed by atoms with Crippen molar-refractivity contribution in [2.24, 2.45) is 5.73 Å². The molecule has 1 aromatic rings. The van der Waals surface area contributed by atoms with Crippen molar-refractivity contribution in [2.75, 3.05) is 43.6 Å². The van der Waals surface area contributed by atoms with E-state index in [1.807, 2.05) is 11.9 Å². The molecule has 1 atom stereocenters. The average Bonchev–Trinajstić information content (AvgIpc) is 2.45. The molecule has 1 aliphatic heterocycles. The van der Waals surface area contributed by atoms with Crippen LogP contribution in [0.4, 0.5) is 15.8 Å². The standard InChI is InChI=1S/C14H20FN3O2/c1-17-5-6-18(14(19)8-11(9-16)20-2)12-4-3-10(15)7-13(12)17/h3-4,7,11H,5-6,8-9,16H2,1-2H3. The van der Waals surface area contributed by atoms with Crippen LogP contribution < -0.4 is 15.5 Å². The number of anilines is 2. The predicted molar refractivity (Wildman–Crippen MR) is 76.5 cm³/mol. The SMILES string of the molecule is COC(CN)CC(=O)N1CCN(C)c2cc(F)ccc21. The van der Waals surface area contributed by atoms with Crippen LogP contribution in [0.15, 0.2) is 18.2 Å². The van der Waals surface area contributed by atoms with Crippen LogP contribution in [-0.4, -0.2) is 45.8 Å². The topological polar surface area (TPSA) is 58.8 Å². The second kappa shape index (κ2) is 6.19. The highest BCUT2D eigenvalue weighted by Gasteiger charge is 2.26. The van der Waals surface area contributed by atoms with Crippen molar-refractivity contribution in [3.8, 4) is 0 Å². The Balaban J connectivity index is 2.22. The fraction of sp³-hybridized carbons (Fsp3) is 0.500. The molecule has 2 rings (SSSR count). The van der Waals surface area contributed by atoms with Crippen LogP contribution in [0.5, 0.6) is 0 Å². The van der Waals surface area contributed by atoms with Crippen LogP contribution in [-0.2, 0) is 9.53 Å². The number of rotatable bonds is 4. The molecule has 2 N–H and O–H groups in total. The molecule has 1 aromatic carbocycles. The number of nitrogens with two attached hydrogens (primary N) is 1. The van der Waals surface area contributed by atoms with Gasteiger partial charge in [-0.3, -0.25) is 4.79 Å². The van der Waals surface area contributed by atoms with Crippen LogP contribution in [0.1, 0.15) is 6.42 Å². The van der Waals surface area contributed by atoms with Gasteiger partial charge in [0, 0.05) is 33.8 Å². The van der Waals surface area contributed by atoms with Gasteiger partial charge in [0.1, 0.15) is 5.82 Å². The zero-order valence-electron chi connectivity index (χ0n) is 11.8. The maximum Gasteiger partial charge on any atom is 0.229 e. The molecule has 1 amide bonds. The van der Waals surface area contributed by atoms with Crippen molar-refractivity contribution < 1.29 is 13.9 Å². The molecule has 5 nitrogen and oxygen atoms in total. The minimum absolute atomic E-state index is 0.0525. The summed E-state index contributed by atoms with van der Waals surface area (Å²) in [6.45, 7) is 1.55. The molecule has 1 aliphatic rings. The molecular weight excluding hydrogens is 261 g/mol. The van der Waals surface area contributed by atoms with Crippen molar-refractivity contribution in [3.05, 3.63) is 24.0 Å². The molecular formula is C14H20FN3O2.